The number of hydrogen-bond acceptors (Lipinski definition) is 4. The van der Waals surface area contributed by atoms with Gasteiger partial charge in [0.05, 0.1) is 6.20 Å². The van der Waals surface area contributed by atoms with E-state index >= 15 is 0 Å². The summed E-state index contributed by atoms with van der Waals surface area (Å²) in [6.45, 7) is 1.92. The van der Waals surface area contributed by atoms with Crippen LogP contribution in [0.2, 0.25) is 0 Å². The highest BCUT2D eigenvalue weighted by molar-refractivity contribution is 7.16. The van der Waals surface area contributed by atoms with E-state index in [1.165, 1.54) is 19.2 Å². The predicted octanol–water partition coefficient (Wildman–Crippen LogP) is 3.88. The van der Waals surface area contributed by atoms with E-state index < -0.39 is 0 Å². The zero-order valence-electron chi connectivity index (χ0n) is 14.7. The first-order valence-electron chi connectivity index (χ1n) is 8.38. The normalized spacial score (nSPS) is 10.4. The third-order valence-electron chi connectivity index (χ3n) is 3.81. The molecule has 0 saturated carbocycles. The number of benzene rings is 2. The Kier molecular flexibility index (Phi) is 5.93. The number of nitrogens with zero attached hydrogens (tertiary/aromatic N) is 1. The molecule has 0 aliphatic heterocycles. The minimum atomic E-state index is -0.360. The molecule has 0 spiro atoms. The first kappa shape index (κ1) is 18.7. The molecule has 1 heterocycles. The van der Waals surface area contributed by atoms with E-state index in [2.05, 4.69) is 15.6 Å². The van der Waals surface area contributed by atoms with Crippen molar-refractivity contribution in [3.8, 4) is 10.6 Å². The molecular weight excluding hydrogens is 365 g/mol. The quantitative estimate of drug-likeness (QED) is 0.679. The summed E-state index contributed by atoms with van der Waals surface area (Å²) in [5.74, 6) is -0.708. The van der Waals surface area contributed by atoms with Crippen LogP contribution in [0.1, 0.15) is 22.2 Å². The monoisotopic (exact) mass is 383 g/mol. The Bertz CT molecular complexity index is 954. The van der Waals surface area contributed by atoms with E-state index in [0.717, 1.165) is 22.6 Å². The number of amides is 2. The van der Waals surface area contributed by atoms with Crippen molar-refractivity contribution in [1.82, 2.24) is 10.3 Å². The number of anilines is 1. The SMILES string of the molecule is CC(=O)Nc1ccc(CCNC(=O)c2cnc(-c3ccccc3F)s2)cc1. The van der Waals surface area contributed by atoms with Crippen LogP contribution in [0.4, 0.5) is 10.1 Å². The van der Waals surface area contributed by atoms with Crippen LogP contribution in [0.3, 0.4) is 0 Å². The maximum absolute atomic E-state index is 13.8. The van der Waals surface area contributed by atoms with Crippen LogP contribution >= 0.6 is 11.3 Å². The van der Waals surface area contributed by atoms with E-state index in [1.807, 2.05) is 24.3 Å². The first-order valence-corrected chi connectivity index (χ1v) is 9.20. The van der Waals surface area contributed by atoms with Gasteiger partial charge >= 0.3 is 0 Å². The van der Waals surface area contributed by atoms with Gasteiger partial charge in [-0.25, -0.2) is 9.37 Å². The molecule has 0 atom stereocenters. The summed E-state index contributed by atoms with van der Waals surface area (Å²) in [5.41, 5.74) is 2.17. The highest BCUT2D eigenvalue weighted by Crippen LogP contribution is 2.27. The first-order chi connectivity index (χ1) is 13.0. The molecule has 3 aromatic rings. The molecular formula is C20H18FN3O2S. The summed E-state index contributed by atoms with van der Waals surface area (Å²) in [7, 11) is 0. The Labute approximate surface area is 160 Å². The van der Waals surface area contributed by atoms with Crippen LogP contribution in [0, 0.1) is 5.82 Å². The van der Waals surface area contributed by atoms with Crippen molar-refractivity contribution in [2.24, 2.45) is 0 Å². The Morgan fingerprint density at radius 2 is 1.85 bits per heavy atom. The highest BCUT2D eigenvalue weighted by Gasteiger charge is 2.13. The number of carbonyl (C=O) groups is 2. The molecule has 3 rings (SSSR count). The summed E-state index contributed by atoms with van der Waals surface area (Å²) < 4.78 is 13.8. The number of carbonyl (C=O) groups excluding carboxylic acids is 2. The van der Waals surface area contributed by atoms with E-state index in [0.29, 0.717) is 28.4 Å². The van der Waals surface area contributed by atoms with Gasteiger partial charge in [0.15, 0.2) is 0 Å². The van der Waals surface area contributed by atoms with Crippen molar-refractivity contribution in [2.45, 2.75) is 13.3 Å². The molecule has 7 heteroatoms. The van der Waals surface area contributed by atoms with Crippen molar-refractivity contribution in [3.05, 3.63) is 71.0 Å². The van der Waals surface area contributed by atoms with Gasteiger partial charge in [0.1, 0.15) is 15.7 Å². The summed E-state index contributed by atoms with van der Waals surface area (Å²) in [5, 5.41) is 6.03. The van der Waals surface area contributed by atoms with E-state index in [4.69, 9.17) is 0 Å². The zero-order chi connectivity index (χ0) is 19.2. The largest absolute Gasteiger partial charge is 0.351 e. The van der Waals surface area contributed by atoms with Gasteiger partial charge in [-0.15, -0.1) is 11.3 Å². The number of thiazole rings is 1. The molecule has 0 aliphatic rings. The standard InChI is InChI=1S/C20H18FN3O2S/c1-13(25)24-15-8-6-14(7-9-15)10-11-22-19(26)18-12-23-20(27-18)16-4-2-3-5-17(16)21/h2-9,12H,10-11H2,1H3,(H,22,26)(H,24,25). The van der Waals surface area contributed by atoms with Crippen LogP contribution < -0.4 is 10.6 Å². The Balaban J connectivity index is 1.54. The van der Waals surface area contributed by atoms with Gasteiger partial charge in [0.2, 0.25) is 5.91 Å². The van der Waals surface area contributed by atoms with Crippen LogP contribution in [-0.4, -0.2) is 23.3 Å². The summed E-state index contributed by atoms with van der Waals surface area (Å²) >= 11 is 1.16. The average Bonchev–Trinajstić information content (AvgIpc) is 3.13. The summed E-state index contributed by atoms with van der Waals surface area (Å²) in [6.07, 6.45) is 2.12. The van der Waals surface area contributed by atoms with Crippen LogP contribution in [-0.2, 0) is 11.2 Å². The smallest absolute Gasteiger partial charge is 0.263 e. The number of hydrogen-bond donors (Lipinski definition) is 2. The minimum absolute atomic E-state index is 0.116. The maximum Gasteiger partial charge on any atom is 0.263 e. The van der Waals surface area contributed by atoms with E-state index in [9.17, 15) is 14.0 Å². The molecule has 2 N–H and O–H groups in total. The van der Waals surface area contributed by atoms with Crippen molar-refractivity contribution >= 4 is 28.8 Å². The molecule has 0 radical (unpaired) electrons. The molecule has 2 amide bonds. The zero-order valence-corrected chi connectivity index (χ0v) is 15.5. The van der Waals surface area contributed by atoms with Crippen LogP contribution in [0.25, 0.3) is 10.6 Å². The molecule has 2 aromatic carbocycles. The number of nitrogens with one attached hydrogen (secondary N) is 2. The molecule has 27 heavy (non-hydrogen) atoms. The minimum Gasteiger partial charge on any atom is -0.351 e. The fourth-order valence-corrected chi connectivity index (χ4v) is 3.36. The van der Waals surface area contributed by atoms with Crippen LogP contribution in [0.15, 0.2) is 54.7 Å². The molecule has 0 unspecified atom stereocenters. The van der Waals surface area contributed by atoms with E-state index in [1.54, 1.807) is 18.2 Å². The number of aromatic nitrogens is 1. The summed E-state index contributed by atoms with van der Waals surface area (Å²) in [6, 6.07) is 13.8. The lowest BCUT2D eigenvalue weighted by molar-refractivity contribution is -0.114. The lowest BCUT2D eigenvalue weighted by atomic mass is 10.1. The van der Waals surface area contributed by atoms with Gasteiger partial charge < -0.3 is 10.6 Å². The fourth-order valence-electron chi connectivity index (χ4n) is 2.50. The Morgan fingerprint density at radius 3 is 2.56 bits per heavy atom. The molecule has 5 nitrogen and oxygen atoms in total. The van der Waals surface area contributed by atoms with Crippen molar-refractivity contribution in [3.63, 3.8) is 0 Å². The second kappa shape index (κ2) is 8.55. The van der Waals surface area contributed by atoms with Gasteiger partial charge in [-0.05, 0) is 36.2 Å². The Morgan fingerprint density at radius 1 is 1.11 bits per heavy atom. The van der Waals surface area contributed by atoms with E-state index in [-0.39, 0.29) is 17.6 Å². The molecule has 0 bridgehead atoms. The highest BCUT2D eigenvalue weighted by atomic mass is 32.1. The molecule has 0 aliphatic carbocycles. The lowest BCUT2D eigenvalue weighted by Crippen LogP contribution is -2.24. The lowest BCUT2D eigenvalue weighted by Gasteiger charge is -2.06. The van der Waals surface area contributed by atoms with Gasteiger partial charge in [-0.3, -0.25) is 9.59 Å². The number of halogens is 1. The van der Waals surface area contributed by atoms with Gasteiger partial charge in [0, 0.05) is 24.7 Å². The second-order valence-electron chi connectivity index (χ2n) is 5.89. The molecule has 1 aromatic heterocycles. The average molecular weight is 383 g/mol. The van der Waals surface area contributed by atoms with Gasteiger partial charge in [-0.2, -0.15) is 0 Å². The van der Waals surface area contributed by atoms with Crippen molar-refractivity contribution in [1.29, 1.82) is 0 Å². The molecule has 0 saturated heterocycles. The van der Waals surface area contributed by atoms with Crippen molar-refractivity contribution < 1.29 is 14.0 Å². The molecule has 0 fully saturated rings. The molecule has 138 valence electrons. The van der Waals surface area contributed by atoms with Crippen molar-refractivity contribution in [2.75, 3.05) is 11.9 Å². The summed E-state index contributed by atoms with van der Waals surface area (Å²) in [4.78, 5) is 27.9. The Hall–Kier alpha value is -3.06. The third-order valence-corrected chi connectivity index (χ3v) is 4.84. The predicted molar refractivity (Wildman–Crippen MR) is 104 cm³/mol. The maximum atomic E-state index is 13.8. The fraction of sp³-hybridized carbons (Fsp3) is 0.150. The number of rotatable bonds is 6. The topological polar surface area (TPSA) is 71.1 Å². The van der Waals surface area contributed by atoms with Crippen LogP contribution in [0.5, 0.6) is 0 Å². The van der Waals surface area contributed by atoms with Gasteiger partial charge in [-0.1, -0.05) is 24.3 Å². The second-order valence-corrected chi connectivity index (χ2v) is 6.92. The van der Waals surface area contributed by atoms with Gasteiger partial charge in [0.25, 0.3) is 5.91 Å². The third kappa shape index (κ3) is 4.98.